The maximum atomic E-state index is 3.29. The highest BCUT2D eigenvalue weighted by Crippen LogP contribution is 2.27. The first-order valence-corrected chi connectivity index (χ1v) is 5.49. The van der Waals surface area contributed by atoms with Gasteiger partial charge in [0, 0.05) is 11.5 Å². The first kappa shape index (κ1) is 9.34. The lowest BCUT2D eigenvalue weighted by Crippen LogP contribution is -1.84. The molecule has 1 aromatic rings. The standard InChI is InChI=1S/C14H16/c1-2-4-13-5-3-6-14(11-13)10-9-12-7-8-12/h3,5-6,11-12H,2,4,7-8H2,1H3. The number of rotatable bonds is 2. The second-order valence-electron chi connectivity index (χ2n) is 3.99. The van der Waals surface area contributed by atoms with E-state index in [0.29, 0.717) is 5.92 Å². The Morgan fingerprint density at radius 3 is 2.93 bits per heavy atom. The molecular weight excluding hydrogens is 168 g/mol. The van der Waals surface area contributed by atoms with Gasteiger partial charge in [-0.05, 0) is 37.0 Å². The van der Waals surface area contributed by atoms with Gasteiger partial charge in [-0.3, -0.25) is 0 Å². The zero-order valence-corrected chi connectivity index (χ0v) is 8.72. The van der Waals surface area contributed by atoms with Gasteiger partial charge in [0.1, 0.15) is 0 Å². The smallest absolute Gasteiger partial charge is 0.0248 e. The maximum absolute atomic E-state index is 3.29. The van der Waals surface area contributed by atoms with Gasteiger partial charge in [0.25, 0.3) is 0 Å². The van der Waals surface area contributed by atoms with Crippen LogP contribution in [0.3, 0.4) is 0 Å². The molecule has 0 atom stereocenters. The van der Waals surface area contributed by atoms with Crippen LogP contribution in [0, 0.1) is 17.8 Å². The molecule has 0 heterocycles. The van der Waals surface area contributed by atoms with Crippen molar-refractivity contribution in [3.63, 3.8) is 0 Å². The molecule has 1 aliphatic rings. The predicted octanol–water partition coefficient (Wildman–Crippen LogP) is 3.40. The molecule has 0 spiro atoms. The molecule has 1 fully saturated rings. The highest BCUT2D eigenvalue weighted by atomic mass is 14.2. The lowest BCUT2D eigenvalue weighted by molar-refractivity contribution is 0.921. The van der Waals surface area contributed by atoms with E-state index < -0.39 is 0 Å². The van der Waals surface area contributed by atoms with Gasteiger partial charge in [-0.1, -0.05) is 37.3 Å². The molecule has 2 rings (SSSR count). The number of hydrogen-bond donors (Lipinski definition) is 0. The van der Waals surface area contributed by atoms with Gasteiger partial charge in [-0.2, -0.15) is 0 Å². The molecule has 0 saturated heterocycles. The molecule has 0 aromatic heterocycles. The summed E-state index contributed by atoms with van der Waals surface area (Å²) in [6, 6.07) is 8.63. The zero-order chi connectivity index (χ0) is 9.80. The van der Waals surface area contributed by atoms with Crippen LogP contribution in [0.4, 0.5) is 0 Å². The molecule has 0 radical (unpaired) electrons. The van der Waals surface area contributed by atoms with Gasteiger partial charge in [0.15, 0.2) is 0 Å². The van der Waals surface area contributed by atoms with Crippen molar-refractivity contribution < 1.29 is 0 Å². The Morgan fingerprint density at radius 2 is 2.21 bits per heavy atom. The summed E-state index contributed by atoms with van der Waals surface area (Å²) in [4.78, 5) is 0. The molecule has 1 saturated carbocycles. The van der Waals surface area contributed by atoms with E-state index in [2.05, 4.69) is 43.0 Å². The first-order valence-electron chi connectivity index (χ1n) is 5.49. The van der Waals surface area contributed by atoms with Gasteiger partial charge >= 0.3 is 0 Å². The van der Waals surface area contributed by atoms with Crippen LogP contribution in [0.15, 0.2) is 24.3 Å². The van der Waals surface area contributed by atoms with Crippen LogP contribution in [0.25, 0.3) is 0 Å². The molecular formula is C14H16. The molecule has 0 aliphatic heterocycles. The van der Waals surface area contributed by atoms with Crippen molar-refractivity contribution >= 4 is 0 Å². The Hall–Kier alpha value is -1.22. The minimum atomic E-state index is 0.699. The van der Waals surface area contributed by atoms with Crippen LogP contribution in [-0.2, 0) is 6.42 Å². The number of hydrogen-bond acceptors (Lipinski definition) is 0. The highest BCUT2D eigenvalue weighted by molar-refractivity contribution is 5.38. The summed E-state index contributed by atoms with van der Waals surface area (Å²) < 4.78 is 0. The average Bonchev–Trinajstić information content (AvgIpc) is 2.99. The Kier molecular flexibility index (Phi) is 2.89. The molecule has 0 unspecified atom stereocenters. The van der Waals surface area contributed by atoms with Crippen molar-refractivity contribution in [2.45, 2.75) is 32.6 Å². The second kappa shape index (κ2) is 4.33. The van der Waals surface area contributed by atoms with Crippen LogP contribution < -0.4 is 0 Å². The van der Waals surface area contributed by atoms with Crippen molar-refractivity contribution in [3.8, 4) is 11.8 Å². The molecule has 1 aliphatic carbocycles. The third kappa shape index (κ3) is 2.64. The van der Waals surface area contributed by atoms with Gasteiger partial charge in [-0.25, -0.2) is 0 Å². The summed E-state index contributed by atoms with van der Waals surface area (Å²) in [6.07, 6.45) is 4.99. The number of benzene rings is 1. The Bertz CT molecular complexity index is 361. The molecule has 0 nitrogen and oxygen atoms in total. The molecule has 0 N–H and O–H groups in total. The fourth-order valence-corrected chi connectivity index (χ4v) is 1.51. The topological polar surface area (TPSA) is 0 Å². The summed E-state index contributed by atoms with van der Waals surface area (Å²) in [5, 5.41) is 0. The van der Waals surface area contributed by atoms with E-state index in [1.54, 1.807) is 0 Å². The normalized spacial score (nSPS) is 14.6. The summed E-state index contributed by atoms with van der Waals surface area (Å²) in [7, 11) is 0. The largest absolute Gasteiger partial charge is 0.0945 e. The van der Waals surface area contributed by atoms with Crippen molar-refractivity contribution in [2.75, 3.05) is 0 Å². The summed E-state index contributed by atoms with van der Waals surface area (Å²) >= 11 is 0. The minimum Gasteiger partial charge on any atom is -0.0945 e. The lowest BCUT2D eigenvalue weighted by Gasteiger charge is -1.98. The number of aryl methyl sites for hydroxylation is 1. The molecule has 0 amide bonds. The van der Waals surface area contributed by atoms with Gasteiger partial charge < -0.3 is 0 Å². The zero-order valence-electron chi connectivity index (χ0n) is 8.72. The summed E-state index contributed by atoms with van der Waals surface area (Å²) in [5.74, 6) is 7.25. The first-order chi connectivity index (χ1) is 6.88. The molecule has 72 valence electrons. The monoisotopic (exact) mass is 184 g/mol. The van der Waals surface area contributed by atoms with Crippen molar-refractivity contribution in [2.24, 2.45) is 5.92 Å². The van der Waals surface area contributed by atoms with E-state index in [1.807, 2.05) is 0 Å². The van der Waals surface area contributed by atoms with Crippen molar-refractivity contribution in [1.82, 2.24) is 0 Å². The van der Waals surface area contributed by atoms with E-state index >= 15 is 0 Å². The second-order valence-corrected chi connectivity index (χ2v) is 3.99. The SMILES string of the molecule is CCCc1cccc(C#CC2CC2)c1. The van der Waals surface area contributed by atoms with Crippen LogP contribution >= 0.6 is 0 Å². The lowest BCUT2D eigenvalue weighted by atomic mass is 10.1. The summed E-state index contributed by atoms with van der Waals surface area (Å²) in [5.41, 5.74) is 2.60. The van der Waals surface area contributed by atoms with Crippen LogP contribution in [-0.4, -0.2) is 0 Å². The van der Waals surface area contributed by atoms with E-state index in [1.165, 1.54) is 36.8 Å². The molecule has 0 bridgehead atoms. The maximum Gasteiger partial charge on any atom is 0.0248 e. The highest BCUT2D eigenvalue weighted by Gasteiger charge is 2.17. The van der Waals surface area contributed by atoms with Crippen molar-refractivity contribution in [1.29, 1.82) is 0 Å². The molecule has 14 heavy (non-hydrogen) atoms. The third-order valence-corrected chi connectivity index (χ3v) is 2.46. The molecule has 1 aromatic carbocycles. The van der Waals surface area contributed by atoms with E-state index in [4.69, 9.17) is 0 Å². The quantitative estimate of drug-likeness (QED) is 0.618. The Morgan fingerprint density at radius 1 is 1.36 bits per heavy atom. The third-order valence-electron chi connectivity index (χ3n) is 2.46. The van der Waals surface area contributed by atoms with Gasteiger partial charge in [-0.15, -0.1) is 0 Å². The van der Waals surface area contributed by atoms with Crippen LogP contribution in [0.5, 0.6) is 0 Å². The van der Waals surface area contributed by atoms with Gasteiger partial charge in [0.2, 0.25) is 0 Å². The van der Waals surface area contributed by atoms with E-state index in [9.17, 15) is 0 Å². The Balaban J connectivity index is 2.09. The van der Waals surface area contributed by atoms with E-state index in [0.717, 1.165) is 0 Å². The van der Waals surface area contributed by atoms with Crippen molar-refractivity contribution in [3.05, 3.63) is 35.4 Å². The Labute approximate surface area is 86.3 Å². The van der Waals surface area contributed by atoms with E-state index in [-0.39, 0.29) is 0 Å². The van der Waals surface area contributed by atoms with Crippen LogP contribution in [0.1, 0.15) is 37.3 Å². The fraction of sp³-hybridized carbons (Fsp3) is 0.429. The van der Waals surface area contributed by atoms with Crippen LogP contribution in [0.2, 0.25) is 0 Å². The average molecular weight is 184 g/mol. The fourth-order valence-electron chi connectivity index (χ4n) is 1.51. The molecule has 0 heteroatoms. The van der Waals surface area contributed by atoms with Gasteiger partial charge in [0.05, 0.1) is 0 Å². The minimum absolute atomic E-state index is 0.699. The summed E-state index contributed by atoms with van der Waals surface area (Å²) in [6.45, 7) is 2.21. The predicted molar refractivity (Wildman–Crippen MR) is 60.0 cm³/mol.